The Kier molecular flexibility index (Phi) is 1.19. The predicted octanol–water partition coefficient (Wildman–Crippen LogP) is 0.543. The molecule has 0 radical (unpaired) electrons. The molecule has 4 nitrogen and oxygen atoms in total. The summed E-state index contributed by atoms with van der Waals surface area (Å²) in [6.07, 6.45) is 0. The predicted molar refractivity (Wildman–Crippen MR) is 41.0 cm³/mol. The van der Waals surface area contributed by atoms with E-state index >= 15 is 0 Å². The second-order valence-corrected chi connectivity index (χ2v) is 2.88. The maximum absolute atomic E-state index is 10.9. The molecule has 0 bridgehead atoms. The van der Waals surface area contributed by atoms with E-state index in [-0.39, 0.29) is 0 Å². The first-order valence-electron chi connectivity index (χ1n) is 2.88. The number of hydrogen-bond acceptors (Lipinski definition) is 4. The van der Waals surface area contributed by atoms with Crippen LogP contribution < -0.4 is 11.4 Å². The van der Waals surface area contributed by atoms with E-state index in [0.717, 1.165) is 0 Å². The Morgan fingerprint density at radius 1 is 1.45 bits per heavy atom. The molecule has 1 N–H and O–H groups in total. The fourth-order valence-corrected chi connectivity index (χ4v) is 1.59. The molecule has 5 heteroatoms. The monoisotopic (exact) mass is 169 g/mol. The summed E-state index contributed by atoms with van der Waals surface area (Å²) in [5.41, 5.74) is -0.579. The van der Waals surface area contributed by atoms with Gasteiger partial charge in [0.2, 0.25) is 0 Å². The summed E-state index contributed by atoms with van der Waals surface area (Å²) < 4.78 is 4.29. The first kappa shape index (κ1) is 6.36. The lowest BCUT2D eigenvalue weighted by Crippen LogP contribution is -2.12. The van der Waals surface area contributed by atoms with E-state index in [1.807, 2.05) is 0 Å². The minimum atomic E-state index is -0.704. The number of thiophene rings is 1. The molecular weight excluding hydrogens is 166 g/mol. The summed E-state index contributed by atoms with van der Waals surface area (Å²) in [4.78, 5) is 24.4. The van der Waals surface area contributed by atoms with E-state index in [1.54, 1.807) is 11.4 Å². The fraction of sp³-hybridized carbons (Fsp3) is 0. The van der Waals surface area contributed by atoms with Gasteiger partial charge in [-0.2, -0.15) is 0 Å². The Hall–Kier alpha value is -1.36. The van der Waals surface area contributed by atoms with Crippen molar-refractivity contribution in [1.82, 2.24) is 4.98 Å². The van der Waals surface area contributed by atoms with E-state index in [1.165, 1.54) is 11.3 Å². The van der Waals surface area contributed by atoms with Crippen LogP contribution in [-0.2, 0) is 0 Å². The molecule has 2 heterocycles. The number of rotatable bonds is 0. The second kappa shape index (κ2) is 2.06. The molecule has 56 valence electrons. The first-order chi connectivity index (χ1) is 5.27. The highest BCUT2D eigenvalue weighted by Gasteiger charge is 2.01. The molecule has 2 aromatic rings. The van der Waals surface area contributed by atoms with Crippen molar-refractivity contribution in [3.63, 3.8) is 0 Å². The van der Waals surface area contributed by atoms with Crippen LogP contribution in [0.5, 0.6) is 0 Å². The zero-order chi connectivity index (χ0) is 7.84. The van der Waals surface area contributed by atoms with Gasteiger partial charge < -0.3 is 4.42 Å². The molecule has 0 unspecified atom stereocenters. The standard InChI is InChI=1S/C6H3NO3S/c8-5-3-1-2-11-4(3)7-6(9)10-5/h1-2H,(H,7,9). The highest BCUT2D eigenvalue weighted by Crippen LogP contribution is 2.11. The van der Waals surface area contributed by atoms with Crippen molar-refractivity contribution in [2.45, 2.75) is 0 Å². The Morgan fingerprint density at radius 3 is 3.09 bits per heavy atom. The number of fused-ring (bicyclic) bond motifs is 1. The van der Waals surface area contributed by atoms with Gasteiger partial charge in [-0.25, -0.2) is 9.59 Å². The van der Waals surface area contributed by atoms with Gasteiger partial charge >= 0.3 is 11.4 Å². The summed E-state index contributed by atoms with van der Waals surface area (Å²) in [7, 11) is 0. The van der Waals surface area contributed by atoms with Crippen LogP contribution in [0.1, 0.15) is 0 Å². The summed E-state index contributed by atoms with van der Waals surface area (Å²) in [6.45, 7) is 0. The Bertz CT molecular complexity index is 492. The van der Waals surface area contributed by atoms with Gasteiger partial charge in [0.25, 0.3) is 0 Å². The van der Waals surface area contributed by atoms with E-state index in [4.69, 9.17) is 0 Å². The summed E-state index contributed by atoms with van der Waals surface area (Å²) in [6, 6.07) is 1.61. The smallest absolute Gasteiger partial charge is 0.372 e. The molecule has 0 fully saturated rings. The number of aromatic amines is 1. The molecule has 0 amide bonds. The van der Waals surface area contributed by atoms with Crippen LogP contribution in [0.4, 0.5) is 0 Å². The molecule has 0 aliphatic rings. The maximum Gasteiger partial charge on any atom is 0.420 e. The van der Waals surface area contributed by atoms with Crippen molar-refractivity contribution in [1.29, 1.82) is 0 Å². The molecule has 2 rings (SSSR count). The zero-order valence-corrected chi connectivity index (χ0v) is 6.10. The van der Waals surface area contributed by atoms with Crippen molar-refractivity contribution in [3.05, 3.63) is 32.4 Å². The quantitative estimate of drug-likeness (QED) is 0.626. The normalized spacial score (nSPS) is 10.5. The molecule has 2 aromatic heterocycles. The highest BCUT2D eigenvalue weighted by atomic mass is 32.1. The zero-order valence-electron chi connectivity index (χ0n) is 5.29. The second-order valence-electron chi connectivity index (χ2n) is 1.97. The molecule has 0 aliphatic heterocycles. The number of aromatic nitrogens is 1. The summed E-state index contributed by atoms with van der Waals surface area (Å²) in [5.74, 6) is -0.704. The Labute approximate surface area is 64.1 Å². The number of hydrogen-bond donors (Lipinski definition) is 1. The third-order valence-electron chi connectivity index (χ3n) is 1.29. The van der Waals surface area contributed by atoms with Gasteiger partial charge in [-0.05, 0) is 11.4 Å². The summed E-state index contributed by atoms with van der Waals surface area (Å²) >= 11 is 1.30. The van der Waals surface area contributed by atoms with Crippen LogP contribution in [0.2, 0.25) is 0 Å². The minimum Gasteiger partial charge on any atom is -0.372 e. The number of H-pyrrole nitrogens is 1. The van der Waals surface area contributed by atoms with Crippen LogP contribution in [0, 0.1) is 0 Å². The van der Waals surface area contributed by atoms with Gasteiger partial charge in [-0.3, -0.25) is 4.98 Å². The third kappa shape index (κ3) is 0.894. The maximum atomic E-state index is 10.9. The molecule has 0 saturated heterocycles. The third-order valence-corrected chi connectivity index (χ3v) is 2.12. The molecular formula is C6H3NO3S. The molecule has 0 aromatic carbocycles. The van der Waals surface area contributed by atoms with Gasteiger partial charge in [0.15, 0.2) is 0 Å². The average Bonchev–Trinajstić information content (AvgIpc) is 2.34. The highest BCUT2D eigenvalue weighted by molar-refractivity contribution is 7.16. The van der Waals surface area contributed by atoms with Gasteiger partial charge in [0.05, 0.1) is 5.39 Å². The Balaban J connectivity index is 3.15. The van der Waals surface area contributed by atoms with Crippen molar-refractivity contribution >= 4 is 21.6 Å². The van der Waals surface area contributed by atoms with E-state index < -0.39 is 11.4 Å². The van der Waals surface area contributed by atoms with Crippen molar-refractivity contribution in [2.24, 2.45) is 0 Å². The van der Waals surface area contributed by atoms with E-state index in [0.29, 0.717) is 10.2 Å². The fourth-order valence-electron chi connectivity index (χ4n) is 0.824. The van der Waals surface area contributed by atoms with Gasteiger partial charge in [0, 0.05) is 0 Å². The largest absolute Gasteiger partial charge is 0.420 e. The molecule has 0 aliphatic carbocycles. The van der Waals surface area contributed by atoms with Crippen LogP contribution in [-0.4, -0.2) is 4.98 Å². The van der Waals surface area contributed by atoms with Gasteiger partial charge in [0.1, 0.15) is 4.83 Å². The molecule has 0 atom stereocenters. The number of nitrogens with one attached hydrogen (secondary N) is 1. The summed E-state index contributed by atoms with van der Waals surface area (Å²) in [5, 5.41) is 2.15. The van der Waals surface area contributed by atoms with Crippen LogP contribution in [0.3, 0.4) is 0 Å². The molecule has 0 spiro atoms. The van der Waals surface area contributed by atoms with Crippen molar-refractivity contribution < 1.29 is 4.42 Å². The SMILES string of the molecule is O=c1[nH]c2sccc2c(=O)o1. The Morgan fingerprint density at radius 2 is 2.27 bits per heavy atom. The lowest BCUT2D eigenvalue weighted by Gasteiger charge is -1.82. The van der Waals surface area contributed by atoms with E-state index in [9.17, 15) is 9.59 Å². The average molecular weight is 169 g/mol. The van der Waals surface area contributed by atoms with E-state index in [2.05, 4.69) is 9.40 Å². The van der Waals surface area contributed by atoms with Crippen molar-refractivity contribution in [2.75, 3.05) is 0 Å². The van der Waals surface area contributed by atoms with Gasteiger partial charge in [-0.1, -0.05) is 0 Å². The lowest BCUT2D eigenvalue weighted by atomic mass is 10.4. The van der Waals surface area contributed by atoms with Crippen LogP contribution in [0.15, 0.2) is 25.5 Å². The van der Waals surface area contributed by atoms with Crippen LogP contribution >= 0.6 is 11.3 Å². The topological polar surface area (TPSA) is 63.1 Å². The minimum absolute atomic E-state index is 0.426. The lowest BCUT2D eigenvalue weighted by molar-refractivity contribution is 0.460. The molecule has 11 heavy (non-hydrogen) atoms. The van der Waals surface area contributed by atoms with Crippen LogP contribution in [0.25, 0.3) is 10.2 Å². The molecule has 0 saturated carbocycles. The first-order valence-corrected chi connectivity index (χ1v) is 3.76. The van der Waals surface area contributed by atoms with Crippen molar-refractivity contribution in [3.8, 4) is 0 Å². The van der Waals surface area contributed by atoms with Gasteiger partial charge in [-0.15, -0.1) is 11.3 Å².